The van der Waals surface area contributed by atoms with Crippen LogP contribution >= 0.6 is 15.9 Å². The Balaban J connectivity index is 1.82. The van der Waals surface area contributed by atoms with E-state index in [-0.39, 0.29) is 11.6 Å². The van der Waals surface area contributed by atoms with Crippen LogP contribution in [0.3, 0.4) is 0 Å². The van der Waals surface area contributed by atoms with Gasteiger partial charge in [0.1, 0.15) is 23.1 Å². The van der Waals surface area contributed by atoms with E-state index in [1.165, 1.54) is 6.07 Å². The maximum atomic E-state index is 10.6. The number of ether oxygens (including phenoxy) is 1. The number of aliphatic imine (C=N–C) groups is 1. The van der Waals surface area contributed by atoms with Gasteiger partial charge < -0.3 is 15.6 Å². The van der Waals surface area contributed by atoms with Crippen LogP contribution in [0.25, 0.3) is 0 Å². The van der Waals surface area contributed by atoms with Crippen LogP contribution in [-0.2, 0) is 0 Å². The molecule has 0 aliphatic carbocycles. The highest BCUT2D eigenvalue weighted by molar-refractivity contribution is 9.10. The van der Waals surface area contributed by atoms with E-state index < -0.39 is 5.92 Å². The summed E-state index contributed by atoms with van der Waals surface area (Å²) in [5.74, 6) is 0.0790. The lowest BCUT2D eigenvalue weighted by Gasteiger charge is -2.27. The molecule has 1 aliphatic heterocycles. The van der Waals surface area contributed by atoms with Crippen LogP contribution in [0.4, 0.5) is 5.69 Å². The molecule has 1 unspecified atom stereocenters. The summed E-state index contributed by atoms with van der Waals surface area (Å²) in [6.07, 6.45) is 1.62. The fraction of sp³-hybridized carbons (Fsp3) is 0.120. The van der Waals surface area contributed by atoms with Crippen LogP contribution in [0.5, 0.6) is 11.5 Å². The van der Waals surface area contributed by atoms with Gasteiger partial charge in [-0.15, -0.1) is 0 Å². The Morgan fingerprint density at radius 2 is 1.87 bits per heavy atom. The number of aryl methyl sites for hydroxylation is 2. The lowest BCUT2D eigenvalue weighted by Crippen LogP contribution is -2.21. The third-order valence-electron chi connectivity index (χ3n) is 5.26. The molecule has 6 heteroatoms. The molecule has 0 radical (unpaired) electrons. The SMILES string of the molecule is Cc1ccc(N=Cc2cc3c(cc2O)OC(N)=C(C#N)C3c2ccc(Br)cc2)c(C)c1. The van der Waals surface area contributed by atoms with Crippen molar-refractivity contribution in [2.75, 3.05) is 0 Å². The third kappa shape index (κ3) is 4.05. The molecule has 1 aliphatic rings. The molecule has 1 heterocycles. The number of benzene rings is 3. The molecule has 0 amide bonds. The lowest BCUT2D eigenvalue weighted by molar-refractivity contribution is 0.388. The average Bonchev–Trinajstić information content (AvgIpc) is 2.73. The van der Waals surface area contributed by atoms with Gasteiger partial charge in [-0.2, -0.15) is 5.26 Å². The van der Waals surface area contributed by atoms with Crippen molar-refractivity contribution in [3.05, 3.63) is 98.3 Å². The summed E-state index contributed by atoms with van der Waals surface area (Å²) in [5, 5.41) is 20.3. The zero-order valence-corrected chi connectivity index (χ0v) is 18.6. The topological polar surface area (TPSA) is 91.6 Å². The fourth-order valence-electron chi connectivity index (χ4n) is 3.70. The number of rotatable bonds is 3. The Kier molecular flexibility index (Phi) is 5.53. The molecule has 1 atom stereocenters. The van der Waals surface area contributed by atoms with Gasteiger partial charge >= 0.3 is 0 Å². The summed E-state index contributed by atoms with van der Waals surface area (Å²) >= 11 is 3.44. The standard InChI is InChI=1S/C25H20BrN3O2/c1-14-3-8-21(15(2)9-14)29-13-17-10-19-23(11-22(17)30)31-25(28)20(12-27)24(19)16-4-6-18(26)7-5-16/h3-11,13,24,30H,28H2,1-2H3. The number of allylic oxidation sites excluding steroid dienone is 1. The second-order valence-electron chi connectivity index (χ2n) is 7.47. The first-order chi connectivity index (χ1) is 14.9. The quantitative estimate of drug-likeness (QED) is 0.474. The first kappa shape index (κ1) is 20.7. The van der Waals surface area contributed by atoms with E-state index in [1.807, 2.05) is 50.2 Å². The molecule has 0 saturated carbocycles. The molecule has 0 fully saturated rings. The van der Waals surface area contributed by atoms with Gasteiger partial charge in [0, 0.05) is 27.9 Å². The highest BCUT2D eigenvalue weighted by Crippen LogP contribution is 2.44. The van der Waals surface area contributed by atoms with Gasteiger partial charge in [0.05, 0.1) is 11.6 Å². The Bertz CT molecular complexity index is 1270. The molecule has 0 spiro atoms. The Hall–Kier alpha value is -3.56. The number of aromatic hydroxyl groups is 1. The monoisotopic (exact) mass is 473 g/mol. The number of fused-ring (bicyclic) bond motifs is 1. The second kappa shape index (κ2) is 8.29. The summed E-state index contributed by atoms with van der Waals surface area (Å²) < 4.78 is 6.60. The minimum atomic E-state index is -0.407. The van der Waals surface area contributed by atoms with Gasteiger partial charge in [-0.3, -0.25) is 4.99 Å². The molecule has 4 rings (SSSR count). The average molecular weight is 474 g/mol. The van der Waals surface area contributed by atoms with Crippen LogP contribution < -0.4 is 10.5 Å². The molecular weight excluding hydrogens is 454 g/mol. The lowest BCUT2D eigenvalue weighted by atomic mass is 9.83. The molecule has 154 valence electrons. The van der Waals surface area contributed by atoms with Gasteiger partial charge in [0.2, 0.25) is 5.88 Å². The highest BCUT2D eigenvalue weighted by atomic mass is 79.9. The van der Waals surface area contributed by atoms with Crippen LogP contribution in [0, 0.1) is 25.2 Å². The zero-order valence-electron chi connectivity index (χ0n) is 17.1. The molecule has 3 aromatic carbocycles. The largest absolute Gasteiger partial charge is 0.507 e. The number of nitrogens with zero attached hydrogens (tertiary/aromatic N) is 2. The minimum Gasteiger partial charge on any atom is -0.507 e. The summed E-state index contributed by atoms with van der Waals surface area (Å²) in [5.41, 5.74) is 11.6. The summed E-state index contributed by atoms with van der Waals surface area (Å²) in [6, 6.07) is 19.2. The highest BCUT2D eigenvalue weighted by Gasteiger charge is 2.31. The van der Waals surface area contributed by atoms with Crippen molar-refractivity contribution in [1.82, 2.24) is 0 Å². The Morgan fingerprint density at radius 1 is 1.13 bits per heavy atom. The number of hydrogen-bond donors (Lipinski definition) is 2. The van der Waals surface area contributed by atoms with Crippen LogP contribution in [0.2, 0.25) is 0 Å². The predicted molar refractivity (Wildman–Crippen MR) is 125 cm³/mol. The van der Waals surface area contributed by atoms with Crippen LogP contribution in [0.1, 0.15) is 33.7 Å². The number of phenols is 1. The minimum absolute atomic E-state index is 0.0232. The van der Waals surface area contributed by atoms with E-state index in [9.17, 15) is 10.4 Å². The van der Waals surface area contributed by atoms with E-state index in [1.54, 1.807) is 12.3 Å². The van der Waals surface area contributed by atoms with Crippen molar-refractivity contribution < 1.29 is 9.84 Å². The van der Waals surface area contributed by atoms with Crippen molar-refractivity contribution in [3.8, 4) is 17.6 Å². The first-order valence-corrected chi connectivity index (χ1v) is 10.5. The number of phenolic OH excluding ortho intramolecular Hbond substituents is 1. The van der Waals surface area contributed by atoms with E-state index in [0.717, 1.165) is 32.4 Å². The number of hydrogen-bond acceptors (Lipinski definition) is 5. The predicted octanol–water partition coefficient (Wildman–Crippen LogP) is 5.74. The molecule has 0 bridgehead atoms. The summed E-state index contributed by atoms with van der Waals surface area (Å²) in [4.78, 5) is 4.56. The summed E-state index contributed by atoms with van der Waals surface area (Å²) in [7, 11) is 0. The second-order valence-corrected chi connectivity index (χ2v) is 8.39. The molecule has 3 aromatic rings. The van der Waals surface area contributed by atoms with Gasteiger partial charge in [-0.05, 0) is 49.2 Å². The zero-order chi connectivity index (χ0) is 22.1. The van der Waals surface area contributed by atoms with Gasteiger partial charge in [-0.25, -0.2) is 0 Å². The Morgan fingerprint density at radius 3 is 2.55 bits per heavy atom. The smallest absolute Gasteiger partial charge is 0.205 e. The van der Waals surface area contributed by atoms with Gasteiger partial charge in [0.25, 0.3) is 0 Å². The third-order valence-corrected chi connectivity index (χ3v) is 5.79. The van der Waals surface area contributed by atoms with Gasteiger partial charge in [-0.1, -0.05) is 45.8 Å². The summed E-state index contributed by atoms with van der Waals surface area (Å²) in [6.45, 7) is 4.03. The normalized spacial score (nSPS) is 15.5. The molecular formula is C25H20BrN3O2. The maximum absolute atomic E-state index is 10.6. The number of nitriles is 1. The fourth-order valence-corrected chi connectivity index (χ4v) is 3.97. The molecule has 31 heavy (non-hydrogen) atoms. The van der Waals surface area contributed by atoms with Crippen molar-refractivity contribution >= 4 is 27.8 Å². The van der Waals surface area contributed by atoms with Crippen LogP contribution in [-0.4, -0.2) is 11.3 Å². The van der Waals surface area contributed by atoms with E-state index in [2.05, 4.69) is 33.1 Å². The molecule has 3 N–H and O–H groups in total. The van der Waals surface area contributed by atoms with Crippen LogP contribution in [0.15, 0.2) is 75.5 Å². The van der Waals surface area contributed by atoms with Crippen molar-refractivity contribution in [2.24, 2.45) is 10.7 Å². The van der Waals surface area contributed by atoms with E-state index in [0.29, 0.717) is 16.9 Å². The molecule has 0 aromatic heterocycles. The van der Waals surface area contributed by atoms with Gasteiger partial charge in [0.15, 0.2) is 0 Å². The Labute approximate surface area is 189 Å². The van der Waals surface area contributed by atoms with Crippen molar-refractivity contribution in [2.45, 2.75) is 19.8 Å². The maximum Gasteiger partial charge on any atom is 0.205 e. The van der Waals surface area contributed by atoms with E-state index >= 15 is 0 Å². The molecule has 5 nitrogen and oxygen atoms in total. The van der Waals surface area contributed by atoms with Crippen molar-refractivity contribution in [3.63, 3.8) is 0 Å². The van der Waals surface area contributed by atoms with E-state index in [4.69, 9.17) is 10.5 Å². The first-order valence-electron chi connectivity index (χ1n) is 9.68. The van der Waals surface area contributed by atoms with Crippen molar-refractivity contribution in [1.29, 1.82) is 5.26 Å². The molecule has 0 saturated heterocycles. The number of halogens is 1. The number of nitrogens with two attached hydrogens (primary N) is 1.